The Bertz CT molecular complexity index is 952. The summed E-state index contributed by atoms with van der Waals surface area (Å²) in [5.41, 5.74) is 0.119. The summed E-state index contributed by atoms with van der Waals surface area (Å²) in [6, 6.07) is 3.10. The Labute approximate surface area is 170 Å². The highest BCUT2D eigenvalue weighted by Crippen LogP contribution is 2.40. The van der Waals surface area contributed by atoms with Gasteiger partial charge in [-0.25, -0.2) is 18.6 Å². The summed E-state index contributed by atoms with van der Waals surface area (Å²) in [6.07, 6.45) is -2.23. The molecule has 0 spiro atoms. The van der Waals surface area contributed by atoms with Gasteiger partial charge in [0.1, 0.15) is 5.65 Å². The number of alkyl halides is 5. The van der Waals surface area contributed by atoms with Gasteiger partial charge in [-0.15, -0.1) is 0 Å². The molecule has 1 aliphatic rings. The van der Waals surface area contributed by atoms with Crippen LogP contribution in [0, 0.1) is 12.8 Å². The minimum atomic E-state index is -4.66. The SMILES string of the molecule is CCOC(=O)/C=C/c1cc(C)n2c(CC3CCC(F)(F)CC3)c(C(F)(F)F)nc2c1. The molecule has 1 fully saturated rings. The summed E-state index contributed by atoms with van der Waals surface area (Å²) in [5, 5.41) is 0. The van der Waals surface area contributed by atoms with Gasteiger partial charge in [-0.2, -0.15) is 13.2 Å². The van der Waals surface area contributed by atoms with E-state index in [1.54, 1.807) is 19.9 Å². The third kappa shape index (κ3) is 4.99. The fraction of sp³-hybridized carbons (Fsp3) is 0.524. The second-order valence-corrected chi connectivity index (χ2v) is 7.62. The smallest absolute Gasteiger partial charge is 0.435 e. The first kappa shape index (κ1) is 22.2. The monoisotopic (exact) mass is 430 g/mol. The second kappa shape index (κ2) is 8.35. The number of carbonyl (C=O) groups is 1. The van der Waals surface area contributed by atoms with Crippen LogP contribution in [0.25, 0.3) is 11.7 Å². The Hall–Kier alpha value is -2.45. The topological polar surface area (TPSA) is 43.6 Å². The highest BCUT2D eigenvalue weighted by Gasteiger charge is 2.40. The molecular formula is C21H23F5N2O2. The molecule has 0 atom stereocenters. The van der Waals surface area contributed by atoms with Crippen molar-refractivity contribution in [3.63, 3.8) is 0 Å². The number of fused-ring (bicyclic) bond motifs is 1. The van der Waals surface area contributed by atoms with Gasteiger partial charge in [-0.3, -0.25) is 0 Å². The van der Waals surface area contributed by atoms with Crippen molar-refractivity contribution in [1.82, 2.24) is 9.38 Å². The average molecular weight is 430 g/mol. The van der Waals surface area contributed by atoms with E-state index in [0.717, 1.165) is 0 Å². The van der Waals surface area contributed by atoms with Gasteiger partial charge < -0.3 is 9.14 Å². The normalized spacial score (nSPS) is 17.7. The average Bonchev–Trinajstić information content (AvgIpc) is 3.01. The molecule has 0 amide bonds. The van der Waals surface area contributed by atoms with E-state index in [4.69, 9.17) is 4.74 Å². The predicted octanol–water partition coefficient (Wildman–Crippen LogP) is 5.61. The van der Waals surface area contributed by atoms with E-state index < -0.39 is 23.8 Å². The lowest BCUT2D eigenvalue weighted by atomic mass is 9.83. The highest BCUT2D eigenvalue weighted by molar-refractivity contribution is 5.87. The fourth-order valence-corrected chi connectivity index (χ4v) is 3.90. The maximum absolute atomic E-state index is 13.7. The minimum Gasteiger partial charge on any atom is -0.463 e. The zero-order valence-corrected chi connectivity index (χ0v) is 16.7. The Morgan fingerprint density at radius 3 is 2.57 bits per heavy atom. The molecule has 9 heteroatoms. The molecule has 1 saturated carbocycles. The fourth-order valence-electron chi connectivity index (χ4n) is 3.90. The first-order valence-electron chi connectivity index (χ1n) is 9.82. The van der Waals surface area contributed by atoms with Crippen molar-refractivity contribution >= 4 is 17.7 Å². The Kier molecular flexibility index (Phi) is 6.19. The van der Waals surface area contributed by atoms with Gasteiger partial charge in [0.25, 0.3) is 0 Å². The second-order valence-electron chi connectivity index (χ2n) is 7.62. The molecule has 0 unspecified atom stereocenters. The van der Waals surface area contributed by atoms with Crippen LogP contribution < -0.4 is 0 Å². The van der Waals surface area contributed by atoms with Crippen molar-refractivity contribution in [2.45, 2.75) is 58.1 Å². The molecule has 0 saturated heterocycles. The summed E-state index contributed by atoms with van der Waals surface area (Å²) < 4.78 is 74.1. The number of pyridine rings is 1. The number of aryl methyl sites for hydroxylation is 1. The van der Waals surface area contributed by atoms with Crippen LogP contribution in [-0.2, 0) is 22.1 Å². The molecule has 1 aliphatic carbocycles. The lowest BCUT2D eigenvalue weighted by Gasteiger charge is -2.28. The number of esters is 1. The molecule has 0 aliphatic heterocycles. The molecule has 30 heavy (non-hydrogen) atoms. The van der Waals surface area contributed by atoms with E-state index >= 15 is 0 Å². The van der Waals surface area contributed by atoms with Crippen LogP contribution in [0.2, 0.25) is 0 Å². The number of aromatic nitrogens is 2. The van der Waals surface area contributed by atoms with Crippen LogP contribution in [0.3, 0.4) is 0 Å². The summed E-state index contributed by atoms with van der Waals surface area (Å²) in [4.78, 5) is 15.3. The molecule has 2 aromatic rings. The number of halogens is 5. The van der Waals surface area contributed by atoms with E-state index in [1.807, 2.05) is 0 Å². The van der Waals surface area contributed by atoms with Crippen LogP contribution in [0.1, 0.15) is 55.3 Å². The summed E-state index contributed by atoms with van der Waals surface area (Å²) in [7, 11) is 0. The van der Waals surface area contributed by atoms with Crippen molar-refractivity contribution in [2.24, 2.45) is 5.92 Å². The number of ether oxygens (including phenoxy) is 1. The van der Waals surface area contributed by atoms with Gasteiger partial charge >= 0.3 is 12.1 Å². The summed E-state index contributed by atoms with van der Waals surface area (Å²) in [6.45, 7) is 3.53. The zero-order valence-electron chi connectivity index (χ0n) is 16.7. The van der Waals surface area contributed by atoms with Crippen LogP contribution >= 0.6 is 0 Å². The quantitative estimate of drug-likeness (QED) is 0.352. The molecule has 3 rings (SSSR count). The third-order valence-corrected chi connectivity index (χ3v) is 5.31. The van der Waals surface area contributed by atoms with E-state index in [-0.39, 0.29) is 56.0 Å². The number of hydrogen-bond donors (Lipinski definition) is 0. The molecular weight excluding hydrogens is 407 g/mol. The highest BCUT2D eigenvalue weighted by atomic mass is 19.4. The molecule has 2 aromatic heterocycles. The van der Waals surface area contributed by atoms with Crippen molar-refractivity contribution in [3.05, 3.63) is 40.9 Å². The Balaban J connectivity index is 1.98. The lowest BCUT2D eigenvalue weighted by Crippen LogP contribution is -2.26. The number of carbonyl (C=O) groups excluding carboxylic acids is 1. The van der Waals surface area contributed by atoms with Crippen LogP contribution in [-0.4, -0.2) is 27.9 Å². The number of imidazole rings is 1. The third-order valence-electron chi connectivity index (χ3n) is 5.31. The maximum atomic E-state index is 13.7. The van der Waals surface area contributed by atoms with Gasteiger partial charge in [0.2, 0.25) is 5.92 Å². The molecule has 4 nitrogen and oxygen atoms in total. The van der Waals surface area contributed by atoms with Gasteiger partial charge in [0.15, 0.2) is 5.69 Å². The van der Waals surface area contributed by atoms with Gasteiger partial charge in [0, 0.05) is 24.6 Å². The first-order valence-corrected chi connectivity index (χ1v) is 9.82. The number of rotatable bonds is 5. The van der Waals surface area contributed by atoms with E-state index in [2.05, 4.69) is 4.98 Å². The zero-order chi connectivity index (χ0) is 22.1. The minimum absolute atomic E-state index is 0.00820. The molecule has 0 aromatic carbocycles. The largest absolute Gasteiger partial charge is 0.463 e. The Morgan fingerprint density at radius 2 is 1.97 bits per heavy atom. The van der Waals surface area contributed by atoms with E-state index in [0.29, 0.717) is 11.3 Å². The van der Waals surface area contributed by atoms with Crippen LogP contribution in [0.4, 0.5) is 22.0 Å². The lowest BCUT2D eigenvalue weighted by molar-refractivity contribution is -0.141. The number of hydrogen-bond acceptors (Lipinski definition) is 3. The van der Waals surface area contributed by atoms with Crippen molar-refractivity contribution in [3.8, 4) is 0 Å². The molecule has 164 valence electrons. The maximum Gasteiger partial charge on any atom is 0.435 e. The molecule has 0 radical (unpaired) electrons. The Morgan fingerprint density at radius 1 is 1.30 bits per heavy atom. The summed E-state index contributed by atoms with van der Waals surface area (Å²) in [5.74, 6) is -3.55. The van der Waals surface area contributed by atoms with Crippen LogP contribution in [0.15, 0.2) is 18.2 Å². The molecule has 0 N–H and O–H groups in total. The standard InChI is InChI=1S/C21H23F5N2O2/c1-3-30-18(29)5-4-15-10-13(2)28-16(11-14-6-8-20(22,23)9-7-14)19(21(24,25)26)27-17(28)12-15/h4-5,10,12,14H,3,6-9,11H2,1-2H3/b5-4+. The van der Waals surface area contributed by atoms with E-state index in [1.165, 1.54) is 22.6 Å². The van der Waals surface area contributed by atoms with Gasteiger partial charge in [-0.1, -0.05) is 0 Å². The first-order chi connectivity index (χ1) is 14.0. The van der Waals surface area contributed by atoms with Crippen molar-refractivity contribution in [2.75, 3.05) is 6.61 Å². The van der Waals surface area contributed by atoms with Crippen LogP contribution in [0.5, 0.6) is 0 Å². The van der Waals surface area contributed by atoms with Gasteiger partial charge in [0.05, 0.1) is 12.3 Å². The number of nitrogens with zero attached hydrogens (tertiary/aromatic N) is 2. The van der Waals surface area contributed by atoms with Crippen molar-refractivity contribution in [1.29, 1.82) is 0 Å². The van der Waals surface area contributed by atoms with Gasteiger partial charge in [-0.05, 0) is 62.8 Å². The molecule has 0 bridgehead atoms. The van der Waals surface area contributed by atoms with Crippen molar-refractivity contribution < 1.29 is 31.5 Å². The predicted molar refractivity (Wildman–Crippen MR) is 101 cm³/mol. The van der Waals surface area contributed by atoms with E-state index in [9.17, 15) is 26.7 Å². The summed E-state index contributed by atoms with van der Waals surface area (Å²) >= 11 is 0. The molecule has 2 heterocycles.